The van der Waals surface area contributed by atoms with Gasteiger partial charge in [0.15, 0.2) is 0 Å². The van der Waals surface area contributed by atoms with Crippen molar-refractivity contribution in [1.82, 2.24) is 10.6 Å². The van der Waals surface area contributed by atoms with Crippen molar-refractivity contribution >= 4 is 15.7 Å². The maximum Gasteiger partial charge on any atom is 0.238 e. The van der Waals surface area contributed by atoms with E-state index < -0.39 is 15.9 Å². The molecule has 1 unspecified atom stereocenters. The number of amides is 1. The molecular weight excluding hydrogens is 374 g/mol. The Balaban J connectivity index is 1.66. The van der Waals surface area contributed by atoms with E-state index in [2.05, 4.69) is 16.7 Å². The quantitative estimate of drug-likeness (QED) is 0.779. The highest BCUT2D eigenvalue weighted by atomic mass is 32.2. The molecular formula is C21H23N3O3S. The minimum Gasteiger partial charge on any atom is -0.339 e. The van der Waals surface area contributed by atoms with Gasteiger partial charge in [0.05, 0.1) is 21.9 Å². The molecule has 6 nitrogen and oxygen atoms in total. The van der Waals surface area contributed by atoms with Crippen LogP contribution in [-0.4, -0.2) is 33.0 Å². The molecule has 3 rings (SSSR count). The van der Waals surface area contributed by atoms with Crippen LogP contribution in [0.1, 0.15) is 24.8 Å². The first-order valence-electron chi connectivity index (χ1n) is 9.33. The average molecular weight is 398 g/mol. The van der Waals surface area contributed by atoms with Crippen molar-refractivity contribution < 1.29 is 13.2 Å². The van der Waals surface area contributed by atoms with E-state index in [1.165, 1.54) is 12.1 Å². The average Bonchev–Trinajstić information content (AvgIpc) is 2.75. The third-order valence-electron chi connectivity index (χ3n) is 4.83. The number of carbonyl (C=O) groups is 1. The predicted octanol–water partition coefficient (Wildman–Crippen LogP) is 2.21. The van der Waals surface area contributed by atoms with Gasteiger partial charge in [-0.25, -0.2) is 8.42 Å². The first-order chi connectivity index (χ1) is 13.5. The van der Waals surface area contributed by atoms with Crippen LogP contribution in [0.15, 0.2) is 64.4 Å². The van der Waals surface area contributed by atoms with Gasteiger partial charge in [-0.1, -0.05) is 36.8 Å². The van der Waals surface area contributed by atoms with Crippen molar-refractivity contribution in [2.75, 3.05) is 6.54 Å². The molecule has 1 aliphatic rings. The summed E-state index contributed by atoms with van der Waals surface area (Å²) in [7, 11) is -3.57. The maximum atomic E-state index is 12.6. The van der Waals surface area contributed by atoms with Crippen LogP contribution < -0.4 is 10.6 Å². The van der Waals surface area contributed by atoms with Gasteiger partial charge >= 0.3 is 0 Å². The number of hydrogen-bond acceptors (Lipinski definition) is 5. The van der Waals surface area contributed by atoms with Gasteiger partial charge in [0, 0.05) is 6.42 Å². The monoisotopic (exact) mass is 397 g/mol. The van der Waals surface area contributed by atoms with E-state index in [9.17, 15) is 18.5 Å². The van der Waals surface area contributed by atoms with Crippen LogP contribution in [-0.2, 0) is 21.1 Å². The molecule has 0 radical (unpaired) electrons. The third kappa shape index (κ3) is 4.77. The number of hydrogen-bond donors (Lipinski definition) is 2. The van der Waals surface area contributed by atoms with Crippen molar-refractivity contribution in [2.45, 2.75) is 47.6 Å². The molecule has 1 amide bonds. The number of piperidine rings is 1. The Bertz CT molecular complexity index is 945. The minimum atomic E-state index is -3.57. The van der Waals surface area contributed by atoms with Crippen molar-refractivity contribution in [3.05, 3.63) is 60.2 Å². The molecule has 28 heavy (non-hydrogen) atoms. The SMILES string of the molecule is N#C[C@H](Cc1ccc(S(=O)(=O)c2ccccc2)cc1)NC(=O)C1CCCCN1. The summed E-state index contributed by atoms with van der Waals surface area (Å²) in [5.74, 6) is -0.158. The summed E-state index contributed by atoms with van der Waals surface area (Å²) in [6.45, 7) is 0.812. The standard InChI is InChI=1S/C21H23N3O3S/c22-15-17(24-21(25)20-8-4-5-13-23-20)14-16-9-11-19(12-10-16)28(26,27)18-6-2-1-3-7-18/h1-3,6-7,9-12,17,20,23H,4-5,8,13-14H2,(H,24,25)/t17-,20?/m0/s1. The van der Waals surface area contributed by atoms with Crippen molar-refractivity contribution in [1.29, 1.82) is 5.26 Å². The van der Waals surface area contributed by atoms with Gasteiger partial charge in [0.1, 0.15) is 6.04 Å². The number of rotatable bonds is 6. The Morgan fingerprint density at radius 3 is 2.39 bits per heavy atom. The zero-order valence-corrected chi connectivity index (χ0v) is 16.3. The Morgan fingerprint density at radius 2 is 1.79 bits per heavy atom. The summed E-state index contributed by atoms with van der Waals surface area (Å²) in [5, 5.41) is 15.3. The second-order valence-electron chi connectivity index (χ2n) is 6.86. The van der Waals surface area contributed by atoms with Gasteiger partial charge in [-0.3, -0.25) is 4.79 Å². The summed E-state index contributed by atoms with van der Waals surface area (Å²) in [6.07, 6.45) is 3.15. The number of nitriles is 1. The van der Waals surface area contributed by atoms with Crippen LogP contribution >= 0.6 is 0 Å². The molecule has 0 bridgehead atoms. The summed E-state index contributed by atoms with van der Waals surface area (Å²) >= 11 is 0. The molecule has 1 aliphatic heterocycles. The van der Waals surface area contributed by atoms with Gasteiger partial charge in [0.25, 0.3) is 0 Å². The second-order valence-corrected chi connectivity index (χ2v) is 8.81. The second kappa shape index (κ2) is 9.00. The maximum absolute atomic E-state index is 12.6. The van der Waals surface area contributed by atoms with Crippen LogP contribution in [0.4, 0.5) is 0 Å². The summed E-state index contributed by atoms with van der Waals surface area (Å²) in [6, 6.07) is 15.9. The molecule has 0 aromatic heterocycles. The zero-order chi connectivity index (χ0) is 20.0. The fourth-order valence-corrected chi connectivity index (χ4v) is 4.53. The highest BCUT2D eigenvalue weighted by Gasteiger charge is 2.23. The molecule has 2 atom stereocenters. The molecule has 1 heterocycles. The number of benzene rings is 2. The highest BCUT2D eigenvalue weighted by molar-refractivity contribution is 7.91. The molecule has 0 saturated carbocycles. The van der Waals surface area contributed by atoms with Crippen LogP contribution in [0.25, 0.3) is 0 Å². The Labute approximate surface area is 165 Å². The van der Waals surface area contributed by atoms with Gasteiger partial charge in [0.2, 0.25) is 15.7 Å². The van der Waals surface area contributed by atoms with E-state index in [0.29, 0.717) is 6.42 Å². The van der Waals surface area contributed by atoms with Gasteiger partial charge in [-0.2, -0.15) is 5.26 Å². The molecule has 2 N–H and O–H groups in total. The minimum absolute atomic E-state index is 0.158. The van der Waals surface area contributed by atoms with Gasteiger partial charge in [-0.15, -0.1) is 0 Å². The zero-order valence-electron chi connectivity index (χ0n) is 15.5. The van der Waals surface area contributed by atoms with Gasteiger partial charge in [-0.05, 0) is 49.2 Å². The number of nitrogens with zero attached hydrogens (tertiary/aromatic N) is 1. The Hall–Kier alpha value is -2.69. The highest BCUT2D eigenvalue weighted by Crippen LogP contribution is 2.21. The molecule has 2 aromatic rings. The molecule has 7 heteroatoms. The first-order valence-corrected chi connectivity index (χ1v) is 10.8. The van der Waals surface area contributed by atoms with E-state index in [1.807, 2.05) is 0 Å². The van der Waals surface area contributed by atoms with E-state index >= 15 is 0 Å². The van der Waals surface area contributed by atoms with Crippen LogP contribution in [0.3, 0.4) is 0 Å². The number of nitrogens with one attached hydrogen (secondary N) is 2. The van der Waals surface area contributed by atoms with Crippen molar-refractivity contribution in [2.24, 2.45) is 0 Å². The van der Waals surface area contributed by atoms with E-state index in [4.69, 9.17) is 0 Å². The molecule has 2 aromatic carbocycles. The lowest BCUT2D eigenvalue weighted by molar-refractivity contribution is -0.124. The van der Waals surface area contributed by atoms with Crippen molar-refractivity contribution in [3.63, 3.8) is 0 Å². The smallest absolute Gasteiger partial charge is 0.238 e. The third-order valence-corrected chi connectivity index (χ3v) is 6.61. The topological polar surface area (TPSA) is 99.1 Å². The van der Waals surface area contributed by atoms with Crippen LogP contribution in [0, 0.1) is 11.3 Å². The molecule has 0 aliphatic carbocycles. The molecule has 1 saturated heterocycles. The van der Waals surface area contributed by atoms with E-state index in [-0.39, 0.29) is 21.7 Å². The largest absolute Gasteiger partial charge is 0.339 e. The van der Waals surface area contributed by atoms with Crippen LogP contribution in [0.2, 0.25) is 0 Å². The fourth-order valence-electron chi connectivity index (χ4n) is 3.25. The molecule has 0 spiro atoms. The summed E-state index contributed by atoms with van der Waals surface area (Å²) < 4.78 is 25.3. The fraction of sp³-hybridized carbons (Fsp3) is 0.333. The lowest BCUT2D eigenvalue weighted by Crippen LogP contribution is -2.49. The summed E-state index contributed by atoms with van der Waals surface area (Å²) in [4.78, 5) is 12.7. The number of sulfone groups is 1. The normalized spacial score (nSPS) is 18.0. The first kappa shape index (κ1) is 20.1. The Morgan fingerprint density at radius 1 is 1.11 bits per heavy atom. The van der Waals surface area contributed by atoms with Crippen LogP contribution in [0.5, 0.6) is 0 Å². The number of carbonyl (C=O) groups excluding carboxylic acids is 1. The Kier molecular flexibility index (Phi) is 6.45. The van der Waals surface area contributed by atoms with Gasteiger partial charge < -0.3 is 10.6 Å². The van der Waals surface area contributed by atoms with E-state index in [1.54, 1.807) is 42.5 Å². The summed E-state index contributed by atoms with van der Waals surface area (Å²) in [5.41, 5.74) is 0.787. The predicted molar refractivity (Wildman–Crippen MR) is 105 cm³/mol. The van der Waals surface area contributed by atoms with Crippen molar-refractivity contribution in [3.8, 4) is 6.07 Å². The lowest BCUT2D eigenvalue weighted by atomic mass is 10.0. The lowest BCUT2D eigenvalue weighted by Gasteiger charge is -2.23. The van der Waals surface area contributed by atoms with E-state index in [0.717, 1.165) is 31.4 Å². The molecule has 146 valence electrons. The molecule has 1 fully saturated rings.